The lowest BCUT2D eigenvalue weighted by atomic mass is 9.67. The Morgan fingerprint density at radius 1 is 0.303 bits per heavy atom. The average Bonchev–Trinajstić information content (AvgIpc) is 3.92. The Labute approximate surface area is 453 Å². The molecule has 10 aromatic rings. The highest BCUT2D eigenvalue weighted by Gasteiger charge is 2.39. The summed E-state index contributed by atoms with van der Waals surface area (Å²) < 4.78 is 0. The fourth-order valence-corrected chi connectivity index (χ4v) is 16.1. The molecule has 376 valence electrons. The molecule has 0 saturated carbocycles. The first kappa shape index (κ1) is 48.4. The molecule has 0 fully saturated rings. The summed E-state index contributed by atoms with van der Waals surface area (Å²) >= 11 is 0. The van der Waals surface area contributed by atoms with E-state index in [1.165, 1.54) is 138 Å². The number of benzene rings is 10. The standard InChI is InChI=1S/C72H70N2Si2/c1-45-54-37-29-48(73(46-25-33-52(34-26-46)75(8,9)10)49-30-38-57-55-19-14-16-22-62(55)70(2,3)65(57)42-49)41-61(54)59-21-18-24-64-69(59)68(45)60-40-32-51(44-67(60)72(64,6)7)74(47-27-35-53(36-28-47)76(11,12)13)50-31-39-58-56-20-15-17-23-63(56)71(4,5)66(58)43-50/h14-44H,1-13H3. The summed E-state index contributed by atoms with van der Waals surface area (Å²) in [5.41, 5.74) is 24.2. The van der Waals surface area contributed by atoms with Crippen LogP contribution in [0.25, 0.3) is 54.9 Å². The molecule has 0 amide bonds. The van der Waals surface area contributed by atoms with Gasteiger partial charge < -0.3 is 9.80 Å². The van der Waals surface area contributed by atoms with Gasteiger partial charge in [-0.3, -0.25) is 0 Å². The maximum Gasteiger partial charge on any atom is 0.0775 e. The van der Waals surface area contributed by atoms with Gasteiger partial charge in [-0.1, -0.05) is 206 Å². The van der Waals surface area contributed by atoms with Gasteiger partial charge in [0.2, 0.25) is 0 Å². The molecule has 0 bridgehead atoms. The van der Waals surface area contributed by atoms with Gasteiger partial charge in [0.15, 0.2) is 0 Å². The molecule has 76 heavy (non-hydrogen) atoms. The highest BCUT2D eigenvalue weighted by Crippen LogP contribution is 2.56. The van der Waals surface area contributed by atoms with Crippen molar-refractivity contribution in [3.05, 3.63) is 227 Å². The van der Waals surface area contributed by atoms with Crippen molar-refractivity contribution in [1.82, 2.24) is 0 Å². The van der Waals surface area contributed by atoms with E-state index in [0.29, 0.717) is 0 Å². The predicted molar refractivity (Wildman–Crippen MR) is 334 cm³/mol. The monoisotopic (exact) mass is 1020 g/mol. The zero-order chi connectivity index (χ0) is 53.0. The fraction of sp³-hybridized carbons (Fsp3) is 0.222. The predicted octanol–water partition coefficient (Wildman–Crippen LogP) is 19.3. The minimum atomic E-state index is -1.53. The Hall–Kier alpha value is -7.25. The third-order valence-corrected chi connectivity index (χ3v) is 22.3. The van der Waals surface area contributed by atoms with E-state index in [9.17, 15) is 0 Å². The molecule has 3 aliphatic carbocycles. The topological polar surface area (TPSA) is 6.48 Å². The third kappa shape index (κ3) is 7.16. The van der Waals surface area contributed by atoms with Crippen molar-refractivity contribution in [2.45, 2.75) is 104 Å². The van der Waals surface area contributed by atoms with Crippen LogP contribution in [0.1, 0.15) is 80.5 Å². The lowest BCUT2D eigenvalue weighted by Gasteiger charge is -2.38. The van der Waals surface area contributed by atoms with Gasteiger partial charge in [0.05, 0.1) is 16.1 Å². The summed E-state index contributed by atoms with van der Waals surface area (Å²) in [7, 11) is -3.05. The van der Waals surface area contributed by atoms with Crippen LogP contribution >= 0.6 is 0 Å². The smallest absolute Gasteiger partial charge is 0.0775 e. The molecule has 0 heterocycles. The van der Waals surface area contributed by atoms with Crippen LogP contribution < -0.4 is 20.2 Å². The van der Waals surface area contributed by atoms with Crippen LogP contribution in [-0.4, -0.2) is 16.1 Å². The van der Waals surface area contributed by atoms with Crippen molar-refractivity contribution in [3.63, 3.8) is 0 Å². The molecule has 0 atom stereocenters. The Bertz CT molecular complexity index is 4050. The van der Waals surface area contributed by atoms with Gasteiger partial charge in [0, 0.05) is 50.4 Å². The van der Waals surface area contributed by atoms with Gasteiger partial charge in [0.25, 0.3) is 0 Å². The maximum atomic E-state index is 2.52. The van der Waals surface area contributed by atoms with E-state index >= 15 is 0 Å². The highest BCUT2D eigenvalue weighted by molar-refractivity contribution is 6.89. The van der Waals surface area contributed by atoms with Crippen LogP contribution in [0.5, 0.6) is 0 Å². The second kappa shape index (κ2) is 16.6. The molecule has 2 nitrogen and oxygen atoms in total. The maximum absolute atomic E-state index is 2.52. The number of hydrogen-bond donors (Lipinski definition) is 0. The molecule has 0 N–H and O–H groups in total. The molecule has 0 aliphatic heterocycles. The van der Waals surface area contributed by atoms with E-state index in [4.69, 9.17) is 0 Å². The molecule has 3 aliphatic rings. The lowest BCUT2D eigenvalue weighted by molar-refractivity contribution is 0.645. The van der Waals surface area contributed by atoms with Crippen LogP contribution in [0.2, 0.25) is 39.3 Å². The zero-order valence-corrected chi connectivity index (χ0v) is 48.8. The number of anilines is 6. The summed E-state index contributed by atoms with van der Waals surface area (Å²) in [6.07, 6.45) is 0. The number of rotatable bonds is 8. The first-order valence-corrected chi connectivity index (χ1v) is 34.6. The van der Waals surface area contributed by atoms with Crippen molar-refractivity contribution in [1.29, 1.82) is 0 Å². The first-order valence-electron chi connectivity index (χ1n) is 27.6. The van der Waals surface area contributed by atoms with E-state index in [1.807, 2.05) is 0 Å². The van der Waals surface area contributed by atoms with E-state index in [1.54, 1.807) is 0 Å². The van der Waals surface area contributed by atoms with Crippen LogP contribution in [0.4, 0.5) is 34.1 Å². The Kier molecular flexibility index (Phi) is 10.6. The normalized spacial score (nSPS) is 15.2. The molecule has 0 aromatic heterocycles. The first-order chi connectivity index (χ1) is 36.1. The third-order valence-electron chi connectivity index (χ3n) is 18.2. The molecule has 4 heteroatoms. The number of hydrogen-bond acceptors (Lipinski definition) is 2. The summed E-state index contributed by atoms with van der Waals surface area (Å²) in [5, 5.41) is 8.20. The van der Waals surface area contributed by atoms with Gasteiger partial charge in [-0.05, 0) is 174 Å². The van der Waals surface area contributed by atoms with E-state index in [2.05, 4.69) is 286 Å². The Morgan fingerprint density at radius 2 is 0.671 bits per heavy atom. The van der Waals surface area contributed by atoms with Crippen molar-refractivity contribution >= 4 is 82.2 Å². The van der Waals surface area contributed by atoms with Gasteiger partial charge in [0.1, 0.15) is 0 Å². The largest absolute Gasteiger partial charge is 0.310 e. The van der Waals surface area contributed by atoms with Crippen LogP contribution in [0.3, 0.4) is 0 Å². The van der Waals surface area contributed by atoms with Gasteiger partial charge in [-0.2, -0.15) is 0 Å². The van der Waals surface area contributed by atoms with Crippen LogP contribution in [0, 0.1) is 6.92 Å². The fourth-order valence-electron chi connectivity index (χ4n) is 13.8. The summed E-state index contributed by atoms with van der Waals surface area (Å²) in [6.45, 7) is 31.4. The molecule has 0 unspecified atom stereocenters. The van der Waals surface area contributed by atoms with Crippen LogP contribution in [-0.2, 0) is 16.2 Å². The molecule has 10 aromatic carbocycles. The molecule has 13 rings (SSSR count). The molecular weight excluding hydrogens is 949 g/mol. The van der Waals surface area contributed by atoms with Crippen molar-refractivity contribution < 1.29 is 0 Å². The molecule has 0 spiro atoms. The van der Waals surface area contributed by atoms with Crippen LogP contribution in [0.15, 0.2) is 188 Å². The van der Waals surface area contributed by atoms with E-state index < -0.39 is 16.1 Å². The van der Waals surface area contributed by atoms with Crippen molar-refractivity contribution in [3.8, 4) is 33.4 Å². The van der Waals surface area contributed by atoms with Crippen molar-refractivity contribution in [2.24, 2.45) is 0 Å². The van der Waals surface area contributed by atoms with E-state index in [0.717, 1.165) is 0 Å². The minimum Gasteiger partial charge on any atom is -0.310 e. The SMILES string of the molecule is Cc1c2c3c(cccc3c3cc(N(c4ccc([Si](C)(C)C)cc4)c4ccc5c(c4)C(C)(C)c4ccccc4-5)ccc13)C(C)(C)c1cc(N(c3ccc([Si](C)(C)C)cc3)c3ccc4c(c3)C(C)(C)c3ccccc3-4)ccc1-2. The van der Waals surface area contributed by atoms with Gasteiger partial charge in [-0.15, -0.1) is 0 Å². The second-order valence-corrected chi connectivity index (χ2v) is 36.0. The molecule has 0 radical (unpaired) electrons. The van der Waals surface area contributed by atoms with Gasteiger partial charge in [-0.25, -0.2) is 0 Å². The summed E-state index contributed by atoms with van der Waals surface area (Å²) in [4.78, 5) is 5.02. The van der Waals surface area contributed by atoms with Gasteiger partial charge >= 0.3 is 0 Å². The minimum absolute atomic E-state index is 0.111. The average molecular weight is 1020 g/mol. The zero-order valence-electron chi connectivity index (χ0n) is 46.8. The van der Waals surface area contributed by atoms with E-state index in [-0.39, 0.29) is 16.2 Å². The number of aryl methyl sites for hydroxylation is 1. The number of fused-ring (bicyclic) bond motifs is 10. The lowest BCUT2D eigenvalue weighted by Crippen LogP contribution is -2.37. The summed E-state index contributed by atoms with van der Waals surface area (Å²) in [5.74, 6) is 0. The second-order valence-electron chi connectivity index (χ2n) is 25.9. The quantitative estimate of drug-likeness (QED) is 0.111. The molecular formula is C72H70N2Si2. The van der Waals surface area contributed by atoms with Crippen molar-refractivity contribution in [2.75, 3.05) is 9.80 Å². The Balaban J connectivity index is 0.972. The molecule has 0 saturated heterocycles. The number of nitrogens with zero attached hydrogens (tertiary/aromatic N) is 2. The highest BCUT2D eigenvalue weighted by atomic mass is 28.3. The summed E-state index contributed by atoms with van der Waals surface area (Å²) in [6, 6.07) is 73.0. The Morgan fingerprint density at radius 3 is 1.14 bits per heavy atom.